The molecule has 0 saturated carbocycles. The molecule has 1 N–H and O–H groups in total. The molecule has 110 valence electrons. The predicted octanol–water partition coefficient (Wildman–Crippen LogP) is 1.69. The number of carbonyl (C=O) groups is 1. The van der Waals surface area contributed by atoms with Gasteiger partial charge in [-0.15, -0.1) is 0 Å². The van der Waals surface area contributed by atoms with Gasteiger partial charge in [-0.3, -0.25) is 0 Å². The molecule has 0 aromatic rings. The van der Waals surface area contributed by atoms with Crippen LogP contribution in [-0.4, -0.2) is 60.9 Å². The maximum absolute atomic E-state index is 10.7. The highest BCUT2D eigenvalue weighted by Gasteiger charge is 2.30. The Morgan fingerprint density at radius 3 is 2.79 bits per heavy atom. The van der Waals surface area contributed by atoms with Crippen molar-refractivity contribution in [3.63, 3.8) is 0 Å². The Labute approximate surface area is 113 Å². The van der Waals surface area contributed by atoms with Crippen LogP contribution in [0, 0.1) is 0 Å². The summed E-state index contributed by atoms with van der Waals surface area (Å²) in [5.74, 6) is -0.409. The zero-order valence-corrected chi connectivity index (χ0v) is 11.5. The molecule has 0 spiro atoms. The lowest BCUT2D eigenvalue weighted by atomic mass is 10.1. The van der Waals surface area contributed by atoms with Gasteiger partial charge in [0, 0.05) is 19.6 Å². The van der Waals surface area contributed by atoms with Gasteiger partial charge in [-0.05, 0) is 26.2 Å². The van der Waals surface area contributed by atoms with Crippen LogP contribution in [0.5, 0.6) is 0 Å². The Morgan fingerprint density at radius 1 is 1.42 bits per heavy atom. The van der Waals surface area contributed by atoms with Gasteiger partial charge in [0.2, 0.25) is 0 Å². The molecule has 19 heavy (non-hydrogen) atoms. The highest BCUT2D eigenvalue weighted by Crippen LogP contribution is 2.24. The number of rotatable bonds is 6. The summed E-state index contributed by atoms with van der Waals surface area (Å²) in [6.07, 6.45) is 2.83. The Bertz CT molecular complexity index is 303. The molecule has 2 fully saturated rings. The first kappa shape index (κ1) is 14.6. The highest BCUT2D eigenvalue weighted by molar-refractivity contribution is 5.65. The van der Waals surface area contributed by atoms with Crippen molar-refractivity contribution < 1.29 is 24.1 Å². The fourth-order valence-electron chi connectivity index (χ4n) is 2.54. The number of amides is 1. The van der Waals surface area contributed by atoms with Gasteiger partial charge in [-0.2, -0.15) is 0 Å². The van der Waals surface area contributed by atoms with Crippen molar-refractivity contribution in [3.05, 3.63) is 0 Å². The van der Waals surface area contributed by atoms with Gasteiger partial charge in [0.05, 0.1) is 25.9 Å². The minimum absolute atomic E-state index is 0.0608. The van der Waals surface area contributed by atoms with Gasteiger partial charge in [0.1, 0.15) is 0 Å². The summed E-state index contributed by atoms with van der Waals surface area (Å²) in [6.45, 7) is 5.09. The molecular weight excluding hydrogens is 250 g/mol. The topological polar surface area (TPSA) is 68.2 Å². The Kier molecular flexibility index (Phi) is 5.01. The maximum Gasteiger partial charge on any atom is 0.407 e. The highest BCUT2D eigenvalue weighted by atomic mass is 16.7. The minimum atomic E-state index is -0.852. The van der Waals surface area contributed by atoms with Crippen LogP contribution in [-0.2, 0) is 14.2 Å². The first-order valence-corrected chi connectivity index (χ1v) is 6.96. The largest absolute Gasteiger partial charge is 0.465 e. The zero-order chi connectivity index (χ0) is 13.7. The van der Waals surface area contributed by atoms with Crippen molar-refractivity contribution in [2.75, 3.05) is 32.9 Å². The summed E-state index contributed by atoms with van der Waals surface area (Å²) in [5, 5.41) is 8.83. The van der Waals surface area contributed by atoms with E-state index in [1.165, 1.54) is 4.90 Å². The Hall–Kier alpha value is -0.850. The summed E-state index contributed by atoms with van der Waals surface area (Å²) >= 11 is 0. The fourth-order valence-corrected chi connectivity index (χ4v) is 2.54. The number of carboxylic acid groups (broad SMARTS) is 1. The smallest absolute Gasteiger partial charge is 0.407 e. The average Bonchev–Trinajstić information content (AvgIpc) is 2.98. The van der Waals surface area contributed by atoms with E-state index in [-0.39, 0.29) is 6.10 Å². The second-order valence-electron chi connectivity index (χ2n) is 5.30. The number of likely N-dealkylation sites (tertiary alicyclic amines) is 1. The Morgan fingerprint density at radius 2 is 2.16 bits per heavy atom. The lowest BCUT2D eigenvalue weighted by Crippen LogP contribution is -2.28. The molecule has 6 heteroatoms. The van der Waals surface area contributed by atoms with Gasteiger partial charge >= 0.3 is 6.09 Å². The first-order valence-electron chi connectivity index (χ1n) is 6.96. The van der Waals surface area contributed by atoms with Crippen LogP contribution < -0.4 is 0 Å². The van der Waals surface area contributed by atoms with Crippen molar-refractivity contribution in [1.29, 1.82) is 0 Å². The van der Waals surface area contributed by atoms with Crippen LogP contribution in [0.25, 0.3) is 0 Å². The molecule has 2 aliphatic rings. The van der Waals surface area contributed by atoms with Crippen LogP contribution in [0.3, 0.4) is 0 Å². The van der Waals surface area contributed by atoms with Gasteiger partial charge in [0.25, 0.3) is 0 Å². The van der Waals surface area contributed by atoms with E-state index in [4.69, 9.17) is 19.3 Å². The summed E-state index contributed by atoms with van der Waals surface area (Å²) < 4.78 is 16.7. The van der Waals surface area contributed by atoms with Crippen LogP contribution in [0.2, 0.25) is 0 Å². The normalized spacial score (nSPS) is 25.9. The van der Waals surface area contributed by atoms with E-state index in [2.05, 4.69) is 0 Å². The third-order valence-corrected chi connectivity index (χ3v) is 3.69. The molecule has 0 radical (unpaired) electrons. The number of hydrogen-bond acceptors (Lipinski definition) is 4. The second-order valence-corrected chi connectivity index (χ2v) is 5.30. The van der Waals surface area contributed by atoms with Gasteiger partial charge < -0.3 is 24.2 Å². The van der Waals surface area contributed by atoms with Crippen LogP contribution in [0.4, 0.5) is 4.79 Å². The zero-order valence-electron chi connectivity index (χ0n) is 11.5. The lowest BCUT2D eigenvalue weighted by molar-refractivity contribution is -0.148. The molecule has 1 atom stereocenters. The van der Waals surface area contributed by atoms with Crippen molar-refractivity contribution in [2.24, 2.45) is 0 Å². The molecule has 0 aromatic carbocycles. The quantitative estimate of drug-likeness (QED) is 0.746. The molecule has 2 aliphatic heterocycles. The van der Waals surface area contributed by atoms with E-state index < -0.39 is 11.9 Å². The molecule has 0 bridgehead atoms. The van der Waals surface area contributed by atoms with Crippen LogP contribution in [0.15, 0.2) is 0 Å². The van der Waals surface area contributed by atoms with Crippen LogP contribution in [0.1, 0.15) is 32.6 Å². The van der Waals surface area contributed by atoms with Crippen LogP contribution >= 0.6 is 0 Å². The van der Waals surface area contributed by atoms with Gasteiger partial charge in [-0.25, -0.2) is 4.79 Å². The molecule has 2 rings (SSSR count). The number of unbranched alkanes of at least 4 members (excludes halogenated alkanes) is 1. The van der Waals surface area contributed by atoms with Crippen molar-refractivity contribution in [2.45, 2.75) is 44.5 Å². The van der Waals surface area contributed by atoms with E-state index in [1.807, 2.05) is 6.92 Å². The fraction of sp³-hybridized carbons (Fsp3) is 0.923. The molecule has 0 aromatic heterocycles. The first-order chi connectivity index (χ1) is 9.09. The summed E-state index contributed by atoms with van der Waals surface area (Å²) in [4.78, 5) is 12.2. The molecule has 2 heterocycles. The summed E-state index contributed by atoms with van der Waals surface area (Å²) in [6, 6.07) is 0. The van der Waals surface area contributed by atoms with Crippen molar-refractivity contribution >= 4 is 6.09 Å². The molecule has 2 saturated heterocycles. The van der Waals surface area contributed by atoms with E-state index >= 15 is 0 Å². The second kappa shape index (κ2) is 6.54. The summed E-state index contributed by atoms with van der Waals surface area (Å²) in [5.41, 5.74) is 0. The SMILES string of the molecule is CC1(CCCCOC2CCN(C(=O)O)C2)OCCO1. The summed E-state index contributed by atoms with van der Waals surface area (Å²) in [7, 11) is 0. The van der Waals surface area contributed by atoms with Gasteiger partial charge in [0.15, 0.2) is 5.79 Å². The van der Waals surface area contributed by atoms with E-state index in [1.54, 1.807) is 0 Å². The number of hydrogen-bond donors (Lipinski definition) is 1. The molecule has 1 unspecified atom stereocenters. The lowest BCUT2D eigenvalue weighted by Gasteiger charge is -2.22. The molecule has 1 amide bonds. The van der Waals surface area contributed by atoms with Crippen molar-refractivity contribution in [1.82, 2.24) is 4.90 Å². The Balaban J connectivity index is 1.52. The minimum Gasteiger partial charge on any atom is -0.465 e. The number of ether oxygens (including phenoxy) is 3. The third kappa shape index (κ3) is 4.33. The van der Waals surface area contributed by atoms with Crippen molar-refractivity contribution in [3.8, 4) is 0 Å². The average molecular weight is 273 g/mol. The van der Waals surface area contributed by atoms with E-state index in [0.717, 1.165) is 25.7 Å². The standard InChI is InChI=1S/C13H23NO5/c1-13(18-8-9-19-13)5-2-3-7-17-11-4-6-14(10-11)12(15)16/h11H,2-10H2,1H3,(H,15,16). The molecular formula is C13H23NO5. The third-order valence-electron chi connectivity index (χ3n) is 3.69. The molecule has 0 aliphatic carbocycles. The monoisotopic (exact) mass is 273 g/mol. The maximum atomic E-state index is 10.7. The number of nitrogens with zero attached hydrogens (tertiary/aromatic N) is 1. The van der Waals surface area contributed by atoms with E-state index in [0.29, 0.717) is 32.9 Å². The van der Waals surface area contributed by atoms with E-state index in [9.17, 15) is 4.79 Å². The van der Waals surface area contributed by atoms with Gasteiger partial charge in [-0.1, -0.05) is 0 Å². The molecule has 6 nitrogen and oxygen atoms in total. The predicted molar refractivity (Wildman–Crippen MR) is 68.1 cm³/mol.